The molecule has 5 heteroatoms. The van der Waals surface area contributed by atoms with Gasteiger partial charge in [0.1, 0.15) is 5.25 Å². The van der Waals surface area contributed by atoms with E-state index in [0.717, 1.165) is 28.1 Å². The van der Waals surface area contributed by atoms with E-state index in [1.54, 1.807) is 24.3 Å². The summed E-state index contributed by atoms with van der Waals surface area (Å²) in [5.74, 6) is 0. The van der Waals surface area contributed by atoms with Crippen molar-refractivity contribution < 1.29 is 8.42 Å². The van der Waals surface area contributed by atoms with E-state index in [9.17, 15) is 8.42 Å². The smallest absolute Gasteiger partial charge is 0.188 e. The fourth-order valence-electron chi connectivity index (χ4n) is 3.34. The summed E-state index contributed by atoms with van der Waals surface area (Å²) in [6, 6.07) is 23.1. The molecule has 0 aliphatic carbocycles. The first-order valence-corrected chi connectivity index (χ1v) is 12.4. The fraction of sp³-hybridized carbons (Fsp3) is 0.214. The van der Waals surface area contributed by atoms with Crippen LogP contribution < -0.4 is 9.80 Å². The number of sulfone groups is 1. The van der Waals surface area contributed by atoms with Gasteiger partial charge in [-0.2, -0.15) is 0 Å². The standard InChI is InChI=1S/C28H32N2O2S/c1-22-6-18-27(19-7-22)33(31,32)28(20-12-23-8-14-25(15-9-23)29(2)3)21-13-24-10-16-26(17-11-24)30(4)5/h6-21,28H,1-5H3/b20-12-,21-13-. The average Bonchev–Trinajstić information content (AvgIpc) is 2.79. The van der Waals surface area contributed by atoms with Gasteiger partial charge in [-0.1, -0.05) is 66.3 Å². The molecule has 0 heterocycles. The first-order valence-electron chi connectivity index (χ1n) is 10.9. The predicted octanol–water partition coefficient (Wildman–Crippen LogP) is 5.70. The molecule has 0 saturated heterocycles. The van der Waals surface area contributed by atoms with Gasteiger partial charge in [0.15, 0.2) is 9.84 Å². The summed E-state index contributed by atoms with van der Waals surface area (Å²) < 4.78 is 26.9. The second kappa shape index (κ2) is 10.5. The van der Waals surface area contributed by atoms with Crippen LogP contribution in [0.3, 0.4) is 0 Å². The highest BCUT2D eigenvalue weighted by Crippen LogP contribution is 2.22. The van der Waals surface area contributed by atoms with Gasteiger partial charge in [-0.3, -0.25) is 0 Å². The first kappa shape index (κ1) is 24.3. The van der Waals surface area contributed by atoms with E-state index < -0.39 is 15.1 Å². The second-order valence-electron chi connectivity index (χ2n) is 8.51. The highest BCUT2D eigenvalue weighted by molar-refractivity contribution is 7.92. The van der Waals surface area contributed by atoms with Crippen LogP contribution in [0.4, 0.5) is 11.4 Å². The lowest BCUT2D eigenvalue weighted by molar-refractivity contribution is 0.594. The molecule has 0 radical (unpaired) electrons. The van der Waals surface area contributed by atoms with Gasteiger partial charge in [0, 0.05) is 39.6 Å². The molecule has 0 bridgehead atoms. The van der Waals surface area contributed by atoms with E-state index >= 15 is 0 Å². The summed E-state index contributed by atoms with van der Waals surface area (Å²) in [4.78, 5) is 4.38. The van der Waals surface area contributed by atoms with Crippen molar-refractivity contribution in [1.29, 1.82) is 0 Å². The Morgan fingerprint density at radius 3 is 1.39 bits per heavy atom. The second-order valence-corrected chi connectivity index (χ2v) is 10.6. The van der Waals surface area contributed by atoms with Crippen LogP contribution in [0, 0.1) is 6.92 Å². The lowest BCUT2D eigenvalue weighted by Crippen LogP contribution is -2.17. The van der Waals surface area contributed by atoms with Gasteiger partial charge < -0.3 is 9.80 Å². The lowest BCUT2D eigenvalue weighted by Gasteiger charge is -2.13. The summed E-state index contributed by atoms with van der Waals surface area (Å²) >= 11 is 0. The minimum absolute atomic E-state index is 0.318. The molecule has 172 valence electrons. The van der Waals surface area contributed by atoms with Crippen molar-refractivity contribution in [3.63, 3.8) is 0 Å². The largest absolute Gasteiger partial charge is 0.378 e. The molecule has 0 fully saturated rings. The van der Waals surface area contributed by atoms with Gasteiger partial charge in [-0.05, 0) is 54.4 Å². The number of anilines is 2. The molecular weight excluding hydrogens is 428 g/mol. The molecular formula is C28H32N2O2S. The van der Waals surface area contributed by atoms with Crippen LogP contribution in [0.25, 0.3) is 12.2 Å². The maximum Gasteiger partial charge on any atom is 0.188 e. The van der Waals surface area contributed by atoms with Crippen molar-refractivity contribution in [2.24, 2.45) is 0 Å². The Morgan fingerprint density at radius 2 is 1.03 bits per heavy atom. The Balaban J connectivity index is 1.93. The molecule has 0 aliphatic rings. The molecule has 33 heavy (non-hydrogen) atoms. The zero-order valence-electron chi connectivity index (χ0n) is 19.9. The van der Waals surface area contributed by atoms with Crippen molar-refractivity contribution in [2.45, 2.75) is 17.1 Å². The number of rotatable bonds is 8. The predicted molar refractivity (Wildman–Crippen MR) is 142 cm³/mol. The normalized spacial score (nSPS) is 12.1. The summed E-state index contributed by atoms with van der Waals surface area (Å²) in [5.41, 5.74) is 5.12. The molecule has 0 saturated carbocycles. The van der Waals surface area contributed by atoms with Gasteiger partial charge in [0.25, 0.3) is 0 Å². The van der Waals surface area contributed by atoms with Gasteiger partial charge in [0.2, 0.25) is 0 Å². The molecule has 0 amide bonds. The Labute approximate surface area is 198 Å². The van der Waals surface area contributed by atoms with Crippen molar-refractivity contribution in [3.8, 4) is 0 Å². The summed E-state index contributed by atoms with van der Waals surface area (Å²) in [7, 11) is 4.37. The Hall–Kier alpha value is -3.31. The fourth-order valence-corrected chi connectivity index (χ4v) is 4.74. The van der Waals surface area contributed by atoms with Crippen LogP contribution in [0.1, 0.15) is 16.7 Å². The van der Waals surface area contributed by atoms with Crippen molar-refractivity contribution in [3.05, 3.63) is 102 Å². The van der Waals surface area contributed by atoms with Crippen molar-refractivity contribution >= 4 is 33.4 Å². The van der Waals surface area contributed by atoms with E-state index in [0.29, 0.717) is 4.90 Å². The van der Waals surface area contributed by atoms with Crippen LogP contribution in [0.5, 0.6) is 0 Å². The zero-order valence-corrected chi connectivity index (χ0v) is 20.8. The van der Waals surface area contributed by atoms with Crippen LogP contribution in [0.2, 0.25) is 0 Å². The number of hydrogen-bond acceptors (Lipinski definition) is 4. The third kappa shape index (κ3) is 6.36. The van der Waals surface area contributed by atoms with Crippen LogP contribution in [-0.2, 0) is 9.84 Å². The Morgan fingerprint density at radius 1 is 0.636 bits per heavy atom. The number of aryl methyl sites for hydroxylation is 1. The molecule has 3 aromatic rings. The van der Waals surface area contributed by atoms with E-state index in [1.165, 1.54) is 0 Å². The van der Waals surface area contributed by atoms with Gasteiger partial charge in [-0.25, -0.2) is 8.42 Å². The highest BCUT2D eigenvalue weighted by atomic mass is 32.2. The third-order valence-corrected chi connectivity index (χ3v) is 7.44. The number of benzene rings is 3. The van der Waals surface area contributed by atoms with Gasteiger partial charge in [-0.15, -0.1) is 0 Å². The van der Waals surface area contributed by atoms with E-state index in [1.807, 2.05) is 118 Å². The molecule has 3 aromatic carbocycles. The highest BCUT2D eigenvalue weighted by Gasteiger charge is 2.23. The molecule has 0 aromatic heterocycles. The summed E-state index contributed by atoms with van der Waals surface area (Å²) in [5, 5.41) is -0.790. The summed E-state index contributed by atoms with van der Waals surface area (Å²) in [6.07, 6.45) is 7.25. The molecule has 0 spiro atoms. The SMILES string of the molecule is Cc1ccc(S(=O)(=O)C(/C=C\c2ccc(N(C)C)cc2)/C=C\c2ccc(N(C)C)cc2)cc1. The molecule has 0 unspecified atom stereocenters. The minimum Gasteiger partial charge on any atom is -0.378 e. The van der Waals surface area contributed by atoms with Crippen LogP contribution >= 0.6 is 0 Å². The quantitative estimate of drug-likeness (QED) is 0.433. The van der Waals surface area contributed by atoms with E-state index in [-0.39, 0.29) is 0 Å². The molecule has 4 nitrogen and oxygen atoms in total. The topological polar surface area (TPSA) is 40.6 Å². The van der Waals surface area contributed by atoms with Gasteiger partial charge in [0.05, 0.1) is 4.90 Å². The molecule has 0 atom stereocenters. The van der Waals surface area contributed by atoms with E-state index in [4.69, 9.17) is 0 Å². The zero-order chi connectivity index (χ0) is 24.0. The Kier molecular flexibility index (Phi) is 7.77. The maximum absolute atomic E-state index is 13.5. The number of nitrogens with zero attached hydrogens (tertiary/aromatic N) is 2. The lowest BCUT2D eigenvalue weighted by atomic mass is 10.1. The van der Waals surface area contributed by atoms with Crippen LogP contribution in [0.15, 0.2) is 89.8 Å². The monoisotopic (exact) mass is 460 g/mol. The number of hydrogen-bond donors (Lipinski definition) is 0. The van der Waals surface area contributed by atoms with Gasteiger partial charge >= 0.3 is 0 Å². The first-order chi connectivity index (χ1) is 15.7. The van der Waals surface area contributed by atoms with E-state index in [2.05, 4.69) is 0 Å². The maximum atomic E-state index is 13.5. The molecule has 0 aliphatic heterocycles. The molecule has 0 N–H and O–H groups in total. The molecule has 3 rings (SSSR count). The van der Waals surface area contributed by atoms with Crippen molar-refractivity contribution in [1.82, 2.24) is 0 Å². The summed E-state index contributed by atoms with van der Waals surface area (Å²) in [6.45, 7) is 1.95. The Bertz CT molecular complexity index is 1140. The van der Waals surface area contributed by atoms with Crippen molar-refractivity contribution in [2.75, 3.05) is 38.0 Å². The third-order valence-electron chi connectivity index (χ3n) is 5.48. The average molecular weight is 461 g/mol. The minimum atomic E-state index is -3.59. The van der Waals surface area contributed by atoms with Crippen LogP contribution in [-0.4, -0.2) is 41.9 Å².